The Morgan fingerprint density at radius 3 is 2.39 bits per heavy atom. The zero-order valence-corrected chi connectivity index (χ0v) is 20.8. The highest BCUT2D eigenvalue weighted by Crippen LogP contribution is 2.37. The van der Waals surface area contributed by atoms with E-state index in [1.807, 2.05) is 24.3 Å². The van der Waals surface area contributed by atoms with E-state index in [0.717, 1.165) is 26.9 Å². The Balaban J connectivity index is 1.76. The minimum absolute atomic E-state index is 0.183. The van der Waals surface area contributed by atoms with Crippen LogP contribution in [-0.4, -0.2) is 21.2 Å². The van der Waals surface area contributed by atoms with Gasteiger partial charge in [0.05, 0.1) is 17.8 Å². The lowest BCUT2D eigenvalue weighted by atomic mass is 10.0. The Labute approximate surface area is 203 Å². The average molecular weight is 524 g/mol. The molecule has 0 radical (unpaired) electrons. The van der Waals surface area contributed by atoms with Crippen LogP contribution in [0.25, 0.3) is 21.3 Å². The minimum atomic E-state index is -0.733. The molecule has 1 amide bonds. The van der Waals surface area contributed by atoms with Gasteiger partial charge in [0.25, 0.3) is 5.56 Å². The summed E-state index contributed by atoms with van der Waals surface area (Å²) in [5.74, 6) is -0.388. The van der Waals surface area contributed by atoms with Gasteiger partial charge < -0.3 is 5.32 Å². The number of aryl methyl sites for hydroxylation is 1. The van der Waals surface area contributed by atoms with Crippen LogP contribution < -0.4 is 10.9 Å². The number of hydrogen-bond donors (Lipinski definition) is 1. The normalized spacial score (nSPS) is 12.0. The van der Waals surface area contributed by atoms with Crippen molar-refractivity contribution in [2.45, 2.75) is 33.2 Å². The fraction of sp³-hybridized carbons (Fsp3) is 0.200. The number of aromatic nitrogens is 2. The largest absolute Gasteiger partial charge is 0.326 e. The van der Waals surface area contributed by atoms with Gasteiger partial charge in [-0.1, -0.05) is 35.0 Å². The number of fused-ring (bicyclic) bond motifs is 1. The van der Waals surface area contributed by atoms with Crippen LogP contribution in [0.5, 0.6) is 0 Å². The molecule has 0 aliphatic heterocycles. The highest BCUT2D eigenvalue weighted by atomic mass is 79.9. The molecule has 2 aromatic heterocycles. The molecular formula is C25H22BrN3O3S. The van der Waals surface area contributed by atoms with Gasteiger partial charge in [-0.15, -0.1) is 11.3 Å². The van der Waals surface area contributed by atoms with E-state index >= 15 is 0 Å². The van der Waals surface area contributed by atoms with E-state index in [9.17, 15) is 14.4 Å². The number of ketones is 1. The molecule has 4 rings (SSSR count). The van der Waals surface area contributed by atoms with Crippen LogP contribution >= 0.6 is 27.3 Å². The maximum Gasteiger partial charge on any atom is 0.263 e. The second-order valence-electron chi connectivity index (χ2n) is 7.70. The first-order chi connectivity index (χ1) is 15.8. The number of carbonyl (C=O) groups excluding carboxylic acids is 2. The topological polar surface area (TPSA) is 81.1 Å². The number of halogens is 1. The Morgan fingerprint density at radius 1 is 1.12 bits per heavy atom. The van der Waals surface area contributed by atoms with Crippen LogP contribution in [0.3, 0.4) is 0 Å². The molecule has 2 heterocycles. The van der Waals surface area contributed by atoms with Crippen molar-refractivity contribution in [1.29, 1.82) is 0 Å². The summed E-state index contributed by atoms with van der Waals surface area (Å²) in [5, 5.41) is 3.22. The van der Waals surface area contributed by atoms with E-state index in [1.54, 1.807) is 31.2 Å². The molecule has 1 atom stereocenters. The zero-order chi connectivity index (χ0) is 23.7. The lowest BCUT2D eigenvalue weighted by Crippen LogP contribution is -2.28. The second-order valence-corrected chi connectivity index (χ2v) is 9.70. The SMILES string of the molecule is CCc1sc2ncn(C(C)C(=O)c3ccc(NC(C)=O)cc3)c(=O)c2c1-c1ccc(Br)cc1. The highest BCUT2D eigenvalue weighted by Gasteiger charge is 2.23. The van der Waals surface area contributed by atoms with E-state index in [0.29, 0.717) is 21.5 Å². The molecule has 0 saturated heterocycles. The molecular weight excluding hydrogens is 502 g/mol. The number of Topliss-reactive ketones (excluding diaryl/α,β-unsaturated/α-hetero) is 1. The van der Waals surface area contributed by atoms with Crippen molar-refractivity contribution < 1.29 is 9.59 Å². The molecule has 0 saturated carbocycles. The number of nitrogens with one attached hydrogen (secondary N) is 1. The van der Waals surface area contributed by atoms with Gasteiger partial charge in [-0.25, -0.2) is 4.98 Å². The van der Waals surface area contributed by atoms with E-state index in [1.165, 1.54) is 29.2 Å². The molecule has 1 N–H and O–H groups in total. The molecule has 168 valence electrons. The fourth-order valence-electron chi connectivity index (χ4n) is 3.79. The highest BCUT2D eigenvalue weighted by molar-refractivity contribution is 9.10. The summed E-state index contributed by atoms with van der Waals surface area (Å²) in [6.45, 7) is 5.18. The number of rotatable bonds is 6. The van der Waals surface area contributed by atoms with Gasteiger partial charge >= 0.3 is 0 Å². The van der Waals surface area contributed by atoms with Crippen LogP contribution in [0.2, 0.25) is 0 Å². The van der Waals surface area contributed by atoms with Crippen LogP contribution in [-0.2, 0) is 11.2 Å². The van der Waals surface area contributed by atoms with Crippen molar-refractivity contribution >= 4 is 54.9 Å². The maximum atomic E-state index is 13.6. The third-order valence-electron chi connectivity index (χ3n) is 5.45. The summed E-state index contributed by atoms with van der Waals surface area (Å²) in [6, 6.07) is 13.8. The molecule has 4 aromatic rings. The molecule has 0 aliphatic carbocycles. The number of carbonyl (C=O) groups is 2. The van der Waals surface area contributed by atoms with Gasteiger partial charge in [0, 0.05) is 33.1 Å². The van der Waals surface area contributed by atoms with Gasteiger partial charge in [0.15, 0.2) is 5.78 Å². The Bertz CT molecular complexity index is 1410. The van der Waals surface area contributed by atoms with Gasteiger partial charge in [-0.2, -0.15) is 0 Å². The Morgan fingerprint density at radius 2 is 1.79 bits per heavy atom. The first-order valence-electron chi connectivity index (χ1n) is 10.5. The van der Waals surface area contributed by atoms with Crippen molar-refractivity contribution in [3.05, 3.63) is 80.1 Å². The van der Waals surface area contributed by atoms with E-state index < -0.39 is 6.04 Å². The number of hydrogen-bond acceptors (Lipinski definition) is 5. The number of benzene rings is 2. The van der Waals surface area contributed by atoms with Crippen molar-refractivity contribution in [1.82, 2.24) is 9.55 Å². The lowest BCUT2D eigenvalue weighted by Gasteiger charge is -2.14. The summed E-state index contributed by atoms with van der Waals surface area (Å²) in [6.07, 6.45) is 2.24. The lowest BCUT2D eigenvalue weighted by molar-refractivity contribution is -0.114. The van der Waals surface area contributed by atoms with Crippen molar-refractivity contribution in [3.63, 3.8) is 0 Å². The van der Waals surface area contributed by atoms with Crippen LogP contribution in [0.4, 0.5) is 5.69 Å². The van der Waals surface area contributed by atoms with Gasteiger partial charge in [0.1, 0.15) is 4.83 Å². The van der Waals surface area contributed by atoms with Crippen LogP contribution in [0.1, 0.15) is 42.0 Å². The minimum Gasteiger partial charge on any atom is -0.326 e. The summed E-state index contributed by atoms with van der Waals surface area (Å²) >= 11 is 4.97. The maximum absolute atomic E-state index is 13.6. The molecule has 1 unspecified atom stereocenters. The molecule has 6 nitrogen and oxygen atoms in total. The summed E-state index contributed by atoms with van der Waals surface area (Å²) < 4.78 is 2.36. The first-order valence-corrected chi connectivity index (χ1v) is 12.1. The molecule has 8 heteroatoms. The summed E-state index contributed by atoms with van der Waals surface area (Å²) in [7, 11) is 0. The van der Waals surface area contributed by atoms with Crippen LogP contribution in [0.15, 0.2) is 64.1 Å². The third-order valence-corrected chi connectivity index (χ3v) is 7.22. The van der Waals surface area contributed by atoms with Crippen LogP contribution in [0, 0.1) is 0 Å². The van der Waals surface area contributed by atoms with Crippen molar-refractivity contribution in [2.75, 3.05) is 5.32 Å². The second kappa shape index (κ2) is 9.41. The first kappa shape index (κ1) is 23.1. The Hall–Kier alpha value is -3.10. The predicted octanol–water partition coefficient (Wildman–Crippen LogP) is 5.85. The molecule has 0 fully saturated rings. The number of anilines is 1. The number of amides is 1. The van der Waals surface area contributed by atoms with Crippen molar-refractivity contribution in [2.24, 2.45) is 0 Å². The number of nitrogens with zero attached hydrogens (tertiary/aromatic N) is 2. The summed E-state index contributed by atoms with van der Waals surface area (Å²) in [4.78, 5) is 44.2. The van der Waals surface area contributed by atoms with Gasteiger partial charge in [0.2, 0.25) is 5.91 Å². The standard InChI is InChI=1S/C25H22BrN3O3S/c1-4-20-21(16-5-9-18(26)10-6-16)22-24(33-20)27-13-29(25(22)32)14(2)23(31)17-7-11-19(12-8-17)28-15(3)30/h5-14H,4H2,1-3H3,(H,28,30). The molecule has 0 bridgehead atoms. The molecule has 33 heavy (non-hydrogen) atoms. The third kappa shape index (κ3) is 4.54. The predicted molar refractivity (Wildman–Crippen MR) is 136 cm³/mol. The zero-order valence-electron chi connectivity index (χ0n) is 18.4. The number of thiophene rings is 1. The fourth-order valence-corrected chi connectivity index (χ4v) is 5.14. The summed E-state index contributed by atoms with van der Waals surface area (Å²) in [5.41, 5.74) is 2.67. The smallest absolute Gasteiger partial charge is 0.263 e. The molecule has 0 spiro atoms. The monoisotopic (exact) mass is 523 g/mol. The van der Waals surface area contributed by atoms with E-state index in [4.69, 9.17) is 0 Å². The van der Waals surface area contributed by atoms with E-state index in [-0.39, 0.29) is 17.2 Å². The van der Waals surface area contributed by atoms with Gasteiger partial charge in [-0.3, -0.25) is 19.0 Å². The van der Waals surface area contributed by atoms with Crippen molar-refractivity contribution in [3.8, 4) is 11.1 Å². The van der Waals surface area contributed by atoms with E-state index in [2.05, 4.69) is 33.2 Å². The quantitative estimate of drug-likeness (QED) is 0.321. The Kier molecular flexibility index (Phi) is 6.58. The van der Waals surface area contributed by atoms with Gasteiger partial charge in [-0.05, 0) is 55.3 Å². The average Bonchev–Trinajstić information content (AvgIpc) is 3.19. The molecule has 0 aliphatic rings. The molecule has 2 aromatic carbocycles.